The van der Waals surface area contributed by atoms with Gasteiger partial charge in [-0.1, -0.05) is 35.9 Å². The quantitative estimate of drug-likeness (QED) is 0.383. The maximum atomic E-state index is 13.9. The fourth-order valence-corrected chi connectivity index (χ4v) is 5.65. The molecule has 40 heavy (non-hydrogen) atoms. The van der Waals surface area contributed by atoms with E-state index in [0.29, 0.717) is 46.9 Å². The molecule has 0 unspecified atom stereocenters. The maximum Gasteiger partial charge on any atom is 0.254 e. The van der Waals surface area contributed by atoms with E-state index in [1.807, 2.05) is 80.6 Å². The zero-order chi connectivity index (χ0) is 28.4. The van der Waals surface area contributed by atoms with Crippen LogP contribution in [0.2, 0.25) is 0 Å². The van der Waals surface area contributed by atoms with Crippen LogP contribution in [0.5, 0.6) is 17.2 Å². The monoisotopic (exact) mass is 538 g/mol. The number of carbonyl (C=O) groups excluding carboxylic acids is 2. The summed E-state index contributed by atoms with van der Waals surface area (Å²) in [7, 11) is 4.82. The first-order valence-electron chi connectivity index (χ1n) is 13.3. The Morgan fingerprint density at radius 3 is 2.15 bits per heavy atom. The standard InChI is InChI=1S/C33H34N2O5/c1-19-6-11-24(12-7-19)35-33(37)30-20(2)34-26-16-23(22-10-15-28(39-4)29(18-22)40-5)17-27(36)32(26)31(30)21-8-13-25(38-3)14-9-21/h6-15,18,23,31,34H,16-17H2,1-5H3,(H,35,37)/t23-,31+/m0/s1. The van der Waals surface area contributed by atoms with Gasteiger partial charge < -0.3 is 24.8 Å². The summed E-state index contributed by atoms with van der Waals surface area (Å²) in [5, 5.41) is 6.48. The van der Waals surface area contributed by atoms with Crippen LogP contribution in [0.3, 0.4) is 0 Å². The van der Waals surface area contributed by atoms with Crippen LogP contribution in [0.1, 0.15) is 48.3 Å². The minimum atomic E-state index is -0.508. The first-order chi connectivity index (χ1) is 19.3. The van der Waals surface area contributed by atoms with E-state index in [1.165, 1.54) is 0 Å². The van der Waals surface area contributed by atoms with Crippen LogP contribution < -0.4 is 24.8 Å². The van der Waals surface area contributed by atoms with Crippen molar-refractivity contribution in [2.75, 3.05) is 26.6 Å². The Labute approximate surface area is 234 Å². The van der Waals surface area contributed by atoms with E-state index in [1.54, 1.807) is 21.3 Å². The SMILES string of the molecule is COc1ccc([C@@H]2C(C(=O)Nc3ccc(C)cc3)=C(C)NC3=C2C(=O)C[C@@H](c2ccc(OC)c(OC)c2)C3)cc1. The van der Waals surface area contributed by atoms with E-state index < -0.39 is 5.92 Å². The van der Waals surface area contributed by atoms with E-state index in [4.69, 9.17) is 14.2 Å². The minimum Gasteiger partial charge on any atom is -0.497 e. The number of amides is 1. The van der Waals surface area contributed by atoms with Crippen molar-refractivity contribution in [1.82, 2.24) is 5.32 Å². The highest BCUT2D eigenvalue weighted by Crippen LogP contribution is 2.46. The van der Waals surface area contributed by atoms with Gasteiger partial charge in [0.15, 0.2) is 17.3 Å². The molecule has 2 N–H and O–H groups in total. The molecule has 3 aromatic rings. The third-order valence-corrected chi connectivity index (χ3v) is 7.71. The summed E-state index contributed by atoms with van der Waals surface area (Å²) in [6, 6.07) is 21.1. The first-order valence-corrected chi connectivity index (χ1v) is 13.3. The van der Waals surface area contributed by atoms with Crippen LogP contribution in [0, 0.1) is 6.92 Å². The summed E-state index contributed by atoms with van der Waals surface area (Å²) in [5.41, 5.74) is 6.42. The fourth-order valence-electron chi connectivity index (χ4n) is 5.65. The smallest absolute Gasteiger partial charge is 0.254 e. The number of rotatable bonds is 7. The number of aryl methyl sites for hydroxylation is 1. The van der Waals surface area contributed by atoms with Gasteiger partial charge in [-0.05, 0) is 73.7 Å². The highest BCUT2D eigenvalue weighted by molar-refractivity contribution is 6.10. The lowest BCUT2D eigenvalue weighted by atomic mass is 9.71. The predicted molar refractivity (Wildman–Crippen MR) is 155 cm³/mol. The number of methoxy groups -OCH3 is 3. The van der Waals surface area contributed by atoms with E-state index in [0.717, 1.165) is 28.1 Å². The van der Waals surface area contributed by atoms with Crippen molar-refractivity contribution in [3.05, 3.63) is 106 Å². The lowest BCUT2D eigenvalue weighted by molar-refractivity contribution is -0.116. The van der Waals surface area contributed by atoms with Gasteiger partial charge in [0.05, 0.1) is 21.3 Å². The Hall–Kier alpha value is -4.52. The van der Waals surface area contributed by atoms with Gasteiger partial charge >= 0.3 is 0 Å². The predicted octanol–water partition coefficient (Wildman–Crippen LogP) is 6.02. The molecule has 2 atom stereocenters. The van der Waals surface area contributed by atoms with E-state index >= 15 is 0 Å². The van der Waals surface area contributed by atoms with Crippen LogP contribution in [0.15, 0.2) is 89.3 Å². The van der Waals surface area contributed by atoms with Gasteiger partial charge in [0.1, 0.15) is 5.75 Å². The van der Waals surface area contributed by atoms with Crippen LogP contribution >= 0.6 is 0 Å². The number of dihydropyridines is 1. The average molecular weight is 539 g/mol. The molecular weight excluding hydrogens is 504 g/mol. The number of Topliss-reactive ketones (excluding diaryl/α,β-unsaturated/α-hetero) is 1. The molecule has 1 aliphatic carbocycles. The molecule has 0 saturated heterocycles. The number of allylic oxidation sites excluding steroid dienone is 3. The summed E-state index contributed by atoms with van der Waals surface area (Å²) in [6.45, 7) is 3.90. The van der Waals surface area contributed by atoms with Gasteiger partial charge in [0.25, 0.3) is 5.91 Å². The van der Waals surface area contributed by atoms with E-state index in [-0.39, 0.29) is 17.6 Å². The lowest BCUT2D eigenvalue weighted by Gasteiger charge is -2.37. The Morgan fingerprint density at radius 1 is 0.825 bits per heavy atom. The van der Waals surface area contributed by atoms with Gasteiger partial charge in [-0.15, -0.1) is 0 Å². The molecule has 0 fully saturated rings. The molecule has 7 heteroatoms. The molecule has 206 valence electrons. The van der Waals surface area contributed by atoms with Gasteiger partial charge in [0.2, 0.25) is 0 Å². The molecule has 0 aromatic heterocycles. The topological polar surface area (TPSA) is 85.9 Å². The molecule has 1 amide bonds. The third-order valence-electron chi connectivity index (χ3n) is 7.71. The Balaban J connectivity index is 1.54. The second-order valence-electron chi connectivity index (χ2n) is 10.2. The number of anilines is 1. The second-order valence-corrected chi connectivity index (χ2v) is 10.2. The van der Waals surface area contributed by atoms with Crippen LogP contribution in [0.25, 0.3) is 0 Å². The van der Waals surface area contributed by atoms with Crippen molar-refractivity contribution in [2.24, 2.45) is 0 Å². The number of benzene rings is 3. The van der Waals surface area contributed by atoms with Crippen molar-refractivity contribution in [3.63, 3.8) is 0 Å². The van der Waals surface area contributed by atoms with Crippen LogP contribution in [-0.2, 0) is 9.59 Å². The summed E-state index contributed by atoms with van der Waals surface area (Å²) >= 11 is 0. The Morgan fingerprint density at radius 2 is 1.50 bits per heavy atom. The van der Waals surface area contributed by atoms with Crippen molar-refractivity contribution in [1.29, 1.82) is 0 Å². The summed E-state index contributed by atoms with van der Waals surface area (Å²) < 4.78 is 16.3. The molecule has 3 aromatic carbocycles. The van der Waals surface area contributed by atoms with Crippen molar-refractivity contribution in [3.8, 4) is 17.2 Å². The second kappa shape index (κ2) is 11.3. The molecular formula is C33H34N2O5. The summed E-state index contributed by atoms with van der Waals surface area (Å²) in [6.07, 6.45) is 0.960. The summed E-state index contributed by atoms with van der Waals surface area (Å²) in [4.78, 5) is 27.7. The molecule has 1 heterocycles. The largest absolute Gasteiger partial charge is 0.497 e. The van der Waals surface area contributed by atoms with E-state index in [2.05, 4.69) is 10.6 Å². The number of hydrogen-bond donors (Lipinski definition) is 2. The normalized spacial score (nSPS) is 18.6. The minimum absolute atomic E-state index is 0.0162. The average Bonchev–Trinajstić information content (AvgIpc) is 2.97. The zero-order valence-corrected chi connectivity index (χ0v) is 23.5. The van der Waals surface area contributed by atoms with Gasteiger partial charge in [-0.2, -0.15) is 0 Å². The number of ketones is 1. The highest BCUT2D eigenvalue weighted by atomic mass is 16.5. The molecule has 1 aliphatic heterocycles. The van der Waals surface area contributed by atoms with Gasteiger partial charge in [0, 0.05) is 40.6 Å². The Bertz CT molecular complexity index is 1500. The molecule has 5 rings (SSSR count). The fraction of sp³-hybridized carbons (Fsp3) is 0.273. The van der Waals surface area contributed by atoms with E-state index in [9.17, 15) is 9.59 Å². The lowest BCUT2D eigenvalue weighted by Crippen LogP contribution is -2.37. The highest BCUT2D eigenvalue weighted by Gasteiger charge is 2.41. The van der Waals surface area contributed by atoms with Crippen molar-refractivity contribution < 1.29 is 23.8 Å². The van der Waals surface area contributed by atoms with Gasteiger partial charge in [-0.25, -0.2) is 0 Å². The van der Waals surface area contributed by atoms with Gasteiger partial charge in [-0.3, -0.25) is 9.59 Å². The number of ether oxygens (including phenoxy) is 3. The Kier molecular flexibility index (Phi) is 7.65. The van der Waals surface area contributed by atoms with Crippen LogP contribution in [-0.4, -0.2) is 33.0 Å². The number of carbonyl (C=O) groups is 2. The maximum absolute atomic E-state index is 13.9. The molecule has 2 aliphatic rings. The van der Waals surface area contributed by atoms with Crippen molar-refractivity contribution in [2.45, 2.75) is 38.5 Å². The number of nitrogens with one attached hydrogen (secondary N) is 2. The molecule has 0 spiro atoms. The summed E-state index contributed by atoms with van der Waals surface area (Å²) in [5.74, 6) is 1.22. The van der Waals surface area contributed by atoms with Crippen LogP contribution in [0.4, 0.5) is 5.69 Å². The zero-order valence-electron chi connectivity index (χ0n) is 23.5. The number of hydrogen-bond acceptors (Lipinski definition) is 6. The van der Waals surface area contributed by atoms with Crippen molar-refractivity contribution >= 4 is 17.4 Å². The first kappa shape index (κ1) is 27.1. The molecule has 0 saturated carbocycles. The molecule has 0 radical (unpaired) electrons. The molecule has 0 bridgehead atoms. The molecule has 7 nitrogen and oxygen atoms in total. The third kappa shape index (κ3) is 5.19.